The monoisotopic (exact) mass is 252 g/mol. The maximum absolute atomic E-state index is 9.88. The Kier molecular flexibility index (Phi) is 5.26. The van der Waals surface area contributed by atoms with E-state index in [1.165, 1.54) is 0 Å². The number of hydrogen-bond donors (Lipinski definition) is 5. The van der Waals surface area contributed by atoms with Crippen molar-refractivity contribution >= 4 is 0 Å². The van der Waals surface area contributed by atoms with Gasteiger partial charge in [-0.05, 0) is 6.42 Å². The summed E-state index contributed by atoms with van der Waals surface area (Å²) in [6.07, 6.45) is -5.02. The zero-order valence-corrected chi connectivity index (χ0v) is 9.69. The smallest absolute Gasteiger partial charge is 0.247 e. The van der Waals surface area contributed by atoms with Gasteiger partial charge in [0.25, 0.3) is 0 Å². The quantitative estimate of drug-likeness (QED) is 0.281. The standard InChI is InChI=1S/C10H20O7/c1-2-3-4-16-9(14)10(15)8(13)7(12)6(11)5-17-10/h6-9,11-15H,2-5H2,1H3/t6-,7-,8+,9?,10+/m1/s1. The van der Waals surface area contributed by atoms with Crippen LogP contribution in [0.4, 0.5) is 0 Å². The lowest BCUT2D eigenvalue weighted by Gasteiger charge is -2.43. The van der Waals surface area contributed by atoms with Crippen molar-refractivity contribution in [3.63, 3.8) is 0 Å². The van der Waals surface area contributed by atoms with Crippen LogP contribution in [-0.4, -0.2) is 69.1 Å². The molecule has 1 unspecified atom stereocenters. The van der Waals surface area contributed by atoms with Crippen LogP contribution in [-0.2, 0) is 9.47 Å². The molecular weight excluding hydrogens is 232 g/mol. The first kappa shape index (κ1) is 14.8. The van der Waals surface area contributed by atoms with Gasteiger partial charge in [0, 0.05) is 6.61 Å². The van der Waals surface area contributed by atoms with Gasteiger partial charge >= 0.3 is 0 Å². The number of aliphatic hydroxyl groups excluding tert-OH is 4. The van der Waals surface area contributed by atoms with Crippen molar-refractivity contribution in [1.29, 1.82) is 0 Å². The van der Waals surface area contributed by atoms with Crippen molar-refractivity contribution in [2.75, 3.05) is 13.2 Å². The molecule has 5 atom stereocenters. The average Bonchev–Trinajstić information content (AvgIpc) is 2.32. The molecule has 0 saturated carbocycles. The van der Waals surface area contributed by atoms with Crippen LogP contribution in [0.5, 0.6) is 0 Å². The van der Waals surface area contributed by atoms with E-state index in [4.69, 9.17) is 9.47 Å². The molecule has 1 rings (SSSR count). The van der Waals surface area contributed by atoms with E-state index in [1.54, 1.807) is 0 Å². The third-order valence-corrected chi connectivity index (χ3v) is 2.75. The maximum atomic E-state index is 9.88. The molecule has 0 spiro atoms. The second-order valence-corrected chi connectivity index (χ2v) is 4.14. The minimum Gasteiger partial charge on any atom is -0.388 e. The van der Waals surface area contributed by atoms with Crippen LogP contribution in [0.2, 0.25) is 0 Å². The van der Waals surface area contributed by atoms with E-state index >= 15 is 0 Å². The summed E-state index contributed by atoms with van der Waals surface area (Å²) in [5, 5.41) is 47.6. The second kappa shape index (κ2) is 6.05. The van der Waals surface area contributed by atoms with Gasteiger partial charge in [0.2, 0.25) is 12.1 Å². The lowest BCUT2D eigenvalue weighted by Crippen LogP contribution is -2.66. The molecule has 0 bridgehead atoms. The van der Waals surface area contributed by atoms with E-state index in [0.29, 0.717) is 6.42 Å². The zero-order valence-electron chi connectivity index (χ0n) is 9.69. The van der Waals surface area contributed by atoms with Gasteiger partial charge < -0.3 is 35.0 Å². The summed E-state index contributed by atoms with van der Waals surface area (Å²) < 4.78 is 9.68. The molecule has 1 saturated heterocycles. The van der Waals surface area contributed by atoms with Crippen LogP contribution in [0.15, 0.2) is 0 Å². The Hall–Kier alpha value is -0.280. The highest BCUT2D eigenvalue weighted by Crippen LogP contribution is 2.27. The predicted molar refractivity (Wildman–Crippen MR) is 55.8 cm³/mol. The molecule has 7 nitrogen and oxygen atoms in total. The molecule has 0 radical (unpaired) electrons. The second-order valence-electron chi connectivity index (χ2n) is 4.14. The lowest BCUT2D eigenvalue weighted by atomic mass is 9.96. The van der Waals surface area contributed by atoms with Gasteiger partial charge in [-0.2, -0.15) is 0 Å². The number of hydrogen-bond acceptors (Lipinski definition) is 7. The summed E-state index contributed by atoms with van der Waals surface area (Å²) in [5.41, 5.74) is 0. The summed E-state index contributed by atoms with van der Waals surface area (Å²) in [4.78, 5) is 0. The van der Waals surface area contributed by atoms with Crippen molar-refractivity contribution in [2.24, 2.45) is 0 Å². The number of rotatable bonds is 5. The average molecular weight is 252 g/mol. The van der Waals surface area contributed by atoms with Crippen LogP contribution in [0.1, 0.15) is 19.8 Å². The van der Waals surface area contributed by atoms with E-state index in [0.717, 1.165) is 6.42 Å². The van der Waals surface area contributed by atoms with E-state index in [-0.39, 0.29) is 6.61 Å². The van der Waals surface area contributed by atoms with Crippen molar-refractivity contribution in [3.8, 4) is 0 Å². The van der Waals surface area contributed by atoms with Crippen molar-refractivity contribution in [2.45, 2.75) is 50.2 Å². The predicted octanol–water partition coefficient (Wildman–Crippen LogP) is -2.08. The highest BCUT2D eigenvalue weighted by Gasteiger charge is 2.53. The lowest BCUT2D eigenvalue weighted by molar-refractivity contribution is -0.391. The topological polar surface area (TPSA) is 120 Å². The van der Waals surface area contributed by atoms with Gasteiger partial charge in [-0.25, -0.2) is 0 Å². The highest BCUT2D eigenvalue weighted by atomic mass is 16.7. The number of ether oxygens (including phenoxy) is 2. The molecule has 1 heterocycles. The summed E-state index contributed by atoms with van der Waals surface area (Å²) in [6.45, 7) is 1.72. The maximum Gasteiger partial charge on any atom is 0.247 e. The third kappa shape index (κ3) is 3.14. The first-order valence-corrected chi connectivity index (χ1v) is 5.63. The fourth-order valence-electron chi connectivity index (χ4n) is 1.53. The SMILES string of the molecule is CCCCOC(O)[C@@]1(O)OC[C@@H](O)[C@@H](O)[C@@H]1O. The van der Waals surface area contributed by atoms with Gasteiger partial charge in [-0.15, -0.1) is 0 Å². The summed E-state index contributed by atoms with van der Waals surface area (Å²) >= 11 is 0. The summed E-state index contributed by atoms with van der Waals surface area (Å²) in [6, 6.07) is 0. The molecule has 0 aromatic carbocycles. The van der Waals surface area contributed by atoms with E-state index in [2.05, 4.69) is 0 Å². The third-order valence-electron chi connectivity index (χ3n) is 2.75. The summed E-state index contributed by atoms with van der Waals surface area (Å²) in [7, 11) is 0. The molecule has 0 aliphatic carbocycles. The molecular formula is C10H20O7. The van der Waals surface area contributed by atoms with Crippen LogP contribution in [0.3, 0.4) is 0 Å². The Labute approximate surface area is 99.2 Å². The minimum atomic E-state index is -2.42. The zero-order chi connectivity index (χ0) is 13.1. The fourth-order valence-corrected chi connectivity index (χ4v) is 1.53. The first-order valence-electron chi connectivity index (χ1n) is 5.63. The Morgan fingerprint density at radius 3 is 2.65 bits per heavy atom. The van der Waals surface area contributed by atoms with E-state index in [1.807, 2.05) is 6.92 Å². The Bertz CT molecular complexity index is 237. The van der Waals surface area contributed by atoms with Gasteiger partial charge in [0.1, 0.15) is 18.3 Å². The molecule has 1 aliphatic heterocycles. The van der Waals surface area contributed by atoms with Crippen molar-refractivity contribution in [1.82, 2.24) is 0 Å². The summed E-state index contributed by atoms with van der Waals surface area (Å²) in [5.74, 6) is -2.42. The van der Waals surface area contributed by atoms with Crippen LogP contribution >= 0.6 is 0 Å². The normalized spacial score (nSPS) is 40.2. The molecule has 1 aliphatic rings. The fraction of sp³-hybridized carbons (Fsp3) is 1.00. The highest BCUT2D eigenvalue weighted by molar-refractivity contribution is 4.93. The van der Waals surface area contributed by atoms with Crippen molar-refractivity contribution < 1.29 is 35.0 Å². The molecule has 0 aromatic heterocycles. The largest absolute Gasteiger partial charge is 0.388 e. The first-order chi connectivity index (χ1) is 7.93. The Morgan fingerprint density at radius 2 is 2.06 bits per heavy atom. The van der Waals surface area contributed by atoms with Gasteiger partial charge in [0.05, 0.1) is 6.61 Å². The van der Waals surface area contributed by atoms with Gasteiger partial charge in [0.15, 0.2) is 0 Å². The minimum absolute atomic E-state index is 0.189. The van der Waals surface area contributed by atoms with Gasteiger partial charge in [-0.1, -0.05) is 13.3 Å². The van der Waals surface area contributed by atoms with Crippen LogP contribution in [0, 0.1) is 0 Å². The van der Waals surface area contributed by atoms with Crippen LogP contribution in [0.25, 0.3) is 0 Å². The molecule has 5 N–H and O–H groups in total. The van der Waals surface area contributed by atoms with Gasteiger partial charge in [-0.3, -0.25) is 0 Å². The Morgan fingerprint density at radius 1 is 1.41 bits per heavy atom. The molecule has 1 fully saturated rings. The number of aliphatic hydroxyl groups is 5. The molecule has 102 valence electrons. The van der Waals surface area contributed by atoms with Crippen molar-refractivity contribution in [3.05, 3.63) is 0 Å². The molecule has 0 aromatic rings. The van der Waals surface area contributed by atoms with Crippen LogP contribution < -0.4 is 0 Å². The molecule has 17 heavy (non-hydrogen) atoms. The van der Waals surface area contributed by atoms with E-state index in [9.17, 15) is 25.5 Å². The molecule has 7 heteroatoms. The van der Waals surface area contributed by atoms with E-state index < -0.39 is 37.0 Å². The molecule has 0 amide bonds. The Balaban J connectivity index is 2.59. The number of unbranched alkanes of at least 4 members (excludes halogenated alkanes) is 1.